The number of benzene rings is 1. The number of nitrogen functional groups attached to an aromatic ring is 1. The van der Waals surface area contributed by atoms with Gasteiger partial charge in [-0.25, -0.2) is 0 Å². The molecule has 0 amide bonds. The molecule has 0 radical (unpaired) electrons. The van der Waals surface area contributed by atoms with Gasteiger partial charge in [0.2, 0.25) is 0 Å². The Morgan fingerprint density at radius 2 is 1.83 bits per heavy atom. The molecule has 0 atom stereocenters. The number of fused-ring (bicyclic) bond motifs is 1. The van der Waals surface area contributed by atoms with Crippen LogP contribution in [0.25, 0.3) is 21.9 Å². The van der Waals surface area contributed by atoms with Crippen LogP contribution in [0.2, 0.25) is 0 Å². The molecule has 4 nitrogen and oxygen atoms in total. The topological polar surface area (TPSA) is 71.8 Å². The van der Waals surface area contributed by atoms with Gasteiger partial charge < -0.3 is 10.7 Å². The summed E-state index contributed by atoms with van der Waals surface area (Å²) in [5, 5.41) is 1.36. The maximum atomic E-state index is 11.8. The minimum atomic E-state index is -0.213. The van der Waals surface area contributed by atoms with Crippen LogP contribution in [0, 0.1) is 0 Å². The van der Waals surface area contributed by atoms with Crippen molar-refractivity contribution in [1.82, 2.24) is 9.97 Å². The Kier molecular flexibility index (Phi) is 2.34. The molecular formula is C14H11N3O. The lowest BCUT2D eigenvalue weighted by atomic mass is 10.0. The Morgan fingerprint density at radius 1 is 1.06 bits per heavy atom. The first-order valence-corrected chi connectivity index (χ1v) is 5.58. The molecule has 0 aliphatic heterocycles. The van der Waals surface area contributed by atoms with E-state index in [-0.39, 0.29) is 5.56 Å². The van der Waals surface area contributed by atoms with E-state index in [2.05, 4.69) is 9.97 Å². The van der Waals surface area contributed by atoms with Gasteiger partial charge in [0.1, 0.15) is 5.82 Å². The second-order valence-electron chi connectivity index (χ2n) is 4.03. The van der Waals surface area contributed by atoms with Crippen molar-refractivity contribution in [3.05, 3.63) is 59.1 Å². The van der Waals surface area contributed by atoms with E-state index in [0.29, 0.717) is 11.2 Å². The lowest BCUT2D eigenvalue weighted by molar-refractivity contribution is 1.26. The SMILES string of the molecule is Nc1[nH]c(=O)c2cnccc2c1-c1ccccc1. The number of H-pyrrole nitrogens is 1. The van der Waals surface area contributed by atoms with Gasteiger partial charge in [0.25, 0.3) is 5.56 Å². The summed E-state index contributed by atoms with van der Waals surface area (Å²) in [5.41, 5.74) is 7.55. The molecular weight excluding hydrogens is 226 g/mol. The summed E-state index contributed by atoms with van der Waals surface area (Å²) in [6.07, 6.45) is 3.22. The van der Waals surface area contributed by atoms with Gasteiger partial charge >= 0.3 is 0 Å². The molecule has 3 aromatic rings. The number of hydrogen-bond acceptors (Lipinski definition) is 3. The highest BCUT2D eigenvalue weighted by Gasteiger charge is 2.10. The predicted octanol–water partition coefficient (Wildman–Crippen LogP) is 2.17. The fraction of sp³-hybridized carbons (Fsp3) is 0. The summed E-state index contributed by atoms with van der Waals surface area (Å²) in [5.74, 6) is 0.380. The van der Waals surface area contributed by atoms with Crippen LogP contribution in [-0.4, -0.2) is 9.97 Å². The number of nitrogens with one attached hydrogen (secondary N) is 1. The third-order valence-electron chi connectivity index (χ3n) is 2.92. The standard InChI is InChI=1S/C14H11N3O/c15-13-12(9-4-2-1-3-5-9)10-6-7-16-8-11(10)14(18)17-13/h1-8H,(H3,15,17,18). The number of nitrogens with two attached hydrogens (primary N) is 1. The highest BCUT2D eigenvalue weighted by atomic mass is 16.1. The van der Waals surface area contributed by atoms with Crippen molar-refractivity contribution >= 4 is 16.6 Å². The smallest absolute Gasteiger partial charge is 0.258 e. The Bertz CT molecular complexity index is 763. The molecule has 0 fully saturated rings. The zero-order valence-electron chi connectivity index (χ0n) is 9.55. The largest absolute Gasteiger partial charge is 0.385 e. The average Bonchev–Trinajstić information content (AvgIpc) is 2.40. The van der Waals surface area contributed by atoms with Gasteiger partial charge in [0.05, 0.1) is 5.39 Å². The normalized spacial score (nSPS) is 10.7. The predicted molar refractivity (Wildman–Crippen MR) is 72.2 cm³/mol. The minimum absolute atomic E-state index is 0.213. The quantitative estimate of drug-likeness (QED) is 0.681. The lowest BCUT2D eigenvalue weighted by Crippen LogP contribution is -2.11. The minimum Gasteiger partial charge on any atom is -0.385 e. The van der Waals surface area contributed by atoms with Crippen molar-refractivity contribution in [2.24, 2.45) is 0 Å². The first-order chi connectivity index (χ1) is 8.77. The zero-order chi connectivity index (χ0) is 12.5. The van der Waals surface area contributed by atoms with E-state index in [0.717, 1.165) is 16.5 Å². The fourth-order valence-electron chi connectivity index (χ4n) is 2.11. The average molecular weight is 237 g/mol. The molecule has 1 aromatic carbocycles. The van der Waals surface area contributed by atoms with Gasteiger partial charge in [0, 0.05) is 23.3 Å². The maximum Gasteiger partial charge on any atom is 0.258 e. The van der Waals surface area contributed by atoms with E-state index in [9.17, 15) is 4.79 Å². The number of pyridine rings is 2. The molecule has 0 bridgehead atoms. The Balaban J connectivity index is 2.46. The van der Waals surface area contributed by atoms with Crippen molar-refractivity contribution < 1.29 is 0 Å². The van der Waals surface area contributed by atoms with Crippen LogP contribution in [0.1, 0.15) is 0 Å². The first-order valence-electron chi connectivity index (χ1n) is 5.58. The first kappa shape index (κ1) is 10.5. The molecule has 2 aromatic heterocycles. The van der Waals surface area contributed by atoms with E-state index in [1.807, 2.05) is 36.4 Å². The molecule has 0 aliphatic rings. The van der Waals surface area contributed by atoms with Gasteiger partial charge in [-0.1, -0.05) is 30.3 Å². The summed E-state index contributed by atoms with van der Waals surface area (Å²) in [7, 11) is 0. The lowest BCUT2D eigenvalue weighted by Gasteiger charge is -2.09. The number of aromatic nitrogens is 2. The van der Waals surface area contributed by atoms with Crippen LogP contribution in [0.4, 0.5) is 5.82 Å². The van der Waals surface area contributed by atoms with Gasteiger partial charge in [0.15, 0.2) is 0 Å². The number of aromatic amines is 1. The van der Waals surface area contributed by atoms with Gasteiger partial charge in [-0.05, 0) is 11.6 Å². The summed E-state index contributed by atoms with van der Waals surface area (Å²) in [6, 6.07) is 11.5. The van der Waals surface area contributed by atoms with Crippen LogP contribution in [0.5, 0.6) is 0 Å². The fourth-order valence-corrected chi connectivity index (χ4v) is 2.11. The summed E-state index contributed by atoms with van der Waals surface area (Å²) < 4.78 is 0. The summed E-state index contributed by atoms with van der Waals surface area (Å²) in [6.45, 7) is 0. The molecule has 3 rings (SSSR count). The number of anilines is 1. The van der Waals surface area contributed by atoms with Crippen LogP contribution < -0.4 is 11.3 Å². The zero-order valence-corrected chi connectivity index (χ0v) is 9.55. The highest BCUT2D eigenvalue weighted by molar-refractivity contribution is 5.99. The van der Waals surface area contributed by atoms with Crippen molar-refractivity contribution in [2.75, 3.05) is 5.73 Å². The molecule has 0 unspecified atom stereocenters. The second-order valence-corrected chi connectivity index (χ2v) is 4.03. The molecule has 0 spiro atoms. The molecule has 0 saturated heterocycles. The third kappa shape index (κ3) is 1.55. The van der Waals surface area contributed by atoms with Crippen LogP contribution in [-0.2, 0) is 0 Å². The van der Waals surface area contributed by atoms with Gasteiger partial charge in [-0.15, -0.1) is 0 Å². The van der Waals surface area contributed by atoms with Crippen molar-refractivity contribution in [1.29, 1.82) is 0 Å². The molecule has 88 valence electrons. The van der Waals surface area contributed by atoms with Crippen LogP contribution >= 0.6 is 0 Å². The number of hydrogen-bond donors (Lipinski definition) is 2. The van der Waals surface area contributed by atoms with E-state index >= 15 is 0 Å². The van der Waals surface area contributed by atoms with Gasteiger partial charge in [-0.3, -0.25) is 9.78 Å². The van der Waals surface area contributed by atoms with Crippen LogP contribution in [0.3, 0.4) is 0 Å². The van der Waals surface area contributed by atoms with E-state index in [4.69, 9.17) is 5.73 Å². The van der Waals surface area contributed by atoms with E-state index in [1.54, 1.807) is 12.4 Å². The van der Waals surface area contributed by atoms with E-state index in [1.165, 1.54) is 0 Å². The highest BCUT2D eigenvalue weighted by Crippen LogP contribution is 2.29. The maximum absolute atomic E-state index is 11.8. The molecule has 4 heteroatoms. The Hall–Kier alpha value is -2.62. The van der Waals surface area contributed by atoms with Crippen molar-refractivity contribution in [2.45, 2.75) is 0 Å². The number of rotatable bonds is 1. The van der Waals surface area contributed by atoms with E-state index < -0.39 is 0 Å². The molecule has 0 saturated carbocycles. The third-order valence-corrected chi connectivity index (χ3v) is 2.92. The second kappa shape index (κ2) is 4.00. The van der Waals surface area contributed by atoms with Crippen molar-refractivity contribution in [3.63, 3.8) is 0 Å². The number of nitrogens with zero attached hydrogens (tertiary/aromatic N) is 1. The van der Waals surface area contributed by atoms with Gasteiger partial charge in [-0.2, -0.15) is 0 Å². The molecule has 0 aliphatic carbocycles. The summed E-state index contributed by atoms with van der Waals surface area (Å²) in [4.78, 5) is 18.4. The molecule has 18 heavy (non-hydrogen) atoms. The molecule has 2 heterocycles. The van der Waals surface area contributed by atoms with Crippen LogP contribution in [0.15, 0.2) is 53.6 Å². The Morgan fingerprint density at radius 3 is 2.61 bits per heavy atom. The summed E-state index contributed by atoms with van der Waals surface area (Å²) >= 11 is 0. The molecule has 3 N–H and O–H groups in total. The van der Waals surface area contributed by atoms with Crippen molar-refractivity contribution in [3.8, 4) is 11.1 Å². The Labute approximate surface area is 103 Å². The monoisotopic (exact) mass is 237 g/mol.